The van der Waals surface area contributed by atoms with E-state index in [-0.39, 0.29) is 5.82 Å². The van der Waals surface area contributed by atoms with Gasteiger partial charge in [-0.25, -0.2) is 4.39 Å². The fourth-order valence-electron chi connectivity index (χ4n) is 2.70. The Labute approximate surface area is 126 Å². The van der Waals surface area contributed by atoms with Gasteiger partial charge in [-0.3, -0.25) is 4.68 Å². The van der Waals surface area contributed by atoms with Gasteiger partial charge >= 0.3 is 0 Å². The molecule has 0 amide bonds. The van der Waals surface area contributed by atoms with Gasteiger partial charge in [0, 0.05) is 29.8 Å². The number of rotatable bonds is 6. The van der Waals surface area contributed by atoms with Crippen molar-refractivity contribution < 1.29 is 4.39 Å². The van der Waals surface area contributed by atoms with Crippen LogP contribution in [0.2, 0.25) is 0 Å². The highest BCUT2D eigenvalue weighted by Crippen LogP contribution is 2.29. The highest BCUT2D eigenvalue weighted by atomic mass is 19.1. The minimum atomic E-state index is -0.705. The first-order valence-corrected chi connectivity index (χ1v) is 7.63. The molecule has 1 aromatic carbocycles. The van der Waals surface area contributed by atoms with E-state index < -0.39 is 5.54 Å². The van der Waals surface area contributed by atoms with Gasteiger partial charge in [0.1, 0.15) is 5.82 Å². The summed E-state index contributed by atoms with van der Waals surface area (Å²) < 4.78 is 16.1. The highest BCUT2D eigenvalue weighted by Gasteiger charge is 2.30. The number of hydrogen-bond acceptors (Lipinski definition) is 2. The van der Waals surface area contributed by atoms with Crippen molar-refractivity contribution in [1.29, 1.82) is 0 Å². The second-order valence-electron chi connectivity index (χ2n) is 5.46. The van der Waals surface area contributed by atoms with Crippen LogP contribution in [0, 0.1) is 5.82 Å². The van der Waals surface area contributed by atoms with E-state index in [4.69, 9.17) is 5.73 Å². The van der Waals surface area contributed by atoms with Gasteiger partial charge in [0.05, 0.1) is 5.69 Å². The van der Waals surface area contributed by atoms with Gasteiger partial charge in [0.2, 0.25) is 0 Å². The van der Waals surface area contributed by atoms with E-state index in [9.17, 15) is 4.39 Å². The Bertz CT molecular complexity index is 606. The molecule has 4 heteroatoms. The molecule has 2 N–H and O–H groups in total. The van der Waals surface area contributed by atoms with Crippen molar-refractivity contribution in [3.8, 4) is 0 Å². The normalized spacial score (nSPS) is 14.1. The molecule has 1 unspecified atom stereocenters. The van der Waals surface area contributed by atoms with Crippen molar-refractivity contribution in [1.82, 2.24) is 9.78 Å². The quantitative estimate of drug-likeness (QED) is 0.885. The Kier molecular flexibility index (Phi) is 4.78. The molecule has 0 fully saturated rings. The van der Waals surface area contributed by atoms with Crippen molar-refractivity contribution in [2.24, 2.45) is 5.73 Å². The third-order valence-corrected chi connectivity index (χ3v) is 4.11. The third-order valence-electron chi connectivity index (χ3n) is 4.11. The second kappa shape index (κ2) is 6.39. The number of aromatic nitrogens is 2. The second-order valence-corrected chi connectivity index (χ2v) is 5.46. The van der Waals surface area contributed by atoms with E-state index in [1.165, 1.54) is 6.07 Å². The summed E-state index contributed by atoms with van der Waals surface area (Å²) in [6.45, 7) is 6.94. The zero-order valence-electron chi connectivity index (χ0n) is 13.1. The Morgan fingerprint density at radius 1 is 1.24 bits per heavy atom. The minimum absolute atomic E-state index is 0.236. The molecule has 1 atom stereocenters. The summed E-state index contributed by atoms with van der Waals surface area (Å²) in [5.41, 5.74) is 8.54. The maximum absolute atomic E-state index is 14.1. The van der Waals surface area contributed by atoms with E-state index >= 15 is 0 Å². The van der Waals surface area contributed by atoms with Crippen molar-refractivity contribution in [2.45, 2.75) is 52.1 Å². The lowest BCUT2D eigenvalue weighted by atomic mass is 9.83. The van der Waals surface area contributed by atoms with Crippen LogP contribution >= 0.6 is 0 Å². The van der Waals surface area contributed by atoms with Gasteiger partial charge in [0.15, 0.2) is 0 Å². The van der Waals surface area contributed by atoms with Crippen LogP contribution in [0.4, 0.5) is 4.39 Å². The molecule has 0 spiro atoms. The summed E-state index contributed by atoms with van der Waals surface area (Å²) in [6.07, 6.45) is 2.15. The van der Waals surface area contributed by atoms with Crippen molar-refractivity contribution in [3.63, 3.8) is 0 Å². The van der Waals surface area contributed by atoms with Gasteiger partial charge in [0.25, 0.3) is 0 Å². The molecule has 0 aliphatic heterocycles. The van der Waals surface area contributed by atoms with Gasteiger partial charge in [-0.1, -0.05) is 32.0 Å². The van der Waals surface area contributed by atoms with Crippen molar-refractivity contribution in [2.75, 3.05) is 0 Å². The zero-order valence-corrected chi connectivity index (χ0v) is 13.1. The Balaban J connectivity index is 2.38. The lowest BCUT2D eigenvalue weighted by Crippen LogP contribution is -2.40. The summed E-state index contributed by atoms with van der Waals surface area (Å²) in [6, 6.07) is 8.87. The Morgan fingerprint density at radius 2 is 1.95 bits per heavy atom. The van der Waals surface area contributed by atoms with E-state index in [1.54, 1.807) is 12.1 Å². The largest absolute Gasteiger partial charge is 0.321 e. The first-order chi connectivity index (χ1) is 10.0. The van der Waals surface area contributed by atoms with Crippen LogP contribution in [0.1, 0.15) is 44.1 Å². The summed E-state index contributed by atoms with van der Waals surface area (Å²) in [4.78, 5) is 0. The van der Waals surface area contributed by atoms with Crippen molar-refractivity contribution in [3.05, 3.63) is 53.1 Å². The molecule has 0 saturated heterocycles. The number of benzene rings is 1. The van der Waals surface area contributed by atoms with Crippen LogP contribution in [-0.2, 0) is 24.9 Å². The van der Waals surface area contributed by atoms with E-state index in [0.29, 0.717) is 18.4 Å². The maximum atomic E-state index is 14.1. The van der Waals surface area contributed by atoms with Crippen LogP contribution in [0.25, 0.3) is 0 Å². The van der Waals surface area contributed by atoms with Gasteiger partial charge in [-0.15, -0.1) is 0 Å². The van der Waals surface area contributed by atoms with Gasteiger partial charge < -0.3 is 5.73 Å². The molecule has 3 nitrogen and oxygen atoms in total. The topological polar surface area (TPSA) is 43.8 Å². The molecule has 21 heavy (non-hydrogen) atoms. The lowest BCUT2D eigenvalue weighted by molar-refractivity contribution is 0.389. The van der Waals surface area contributed by atoms with E-state index in [0.717, 1.165) is 24.4 Å². The molecular formula is C17H24FN3. The molecule has 1 aromatic heterocycles. The molecule has 0 bridgehead atoms. The maximum Gasteiger partial charge on any atom is 0.128 e. The number of aryl methyl sites for hydroxylation is 2. The summed E-state index contributed by atoms with van der Waals surface area (Å²) in [7, 11) is 0. The fraction of sp³-hybridized carbons (Fsp3) is 0.471. The summed E-state index contributed by atoms with van der Waals surface area (Å²) in [5, 5.41) is 4.55. The molecule has 114 valence electrons. The van der Waals surface area contributed by atoms with Crippen molar-refractivity contribution >= 4 is 0 Å². The first kappa shape index (κ1) is 15.7. The molecule has 2 aromatic rings. The lowest BCUT2D eigenvalue weighted by Gasteiger charge is -2.29. The van der Waals surface area contributed by atoms with Crippen LogP contribution in [0.5, 0.6) is 0 Å². The minimum Gasteiger partial charge on any atom is -0.321 e. The fourth-order valence-corrected chi connectivity index (χ4v) is 2.70. The first-order valence-electron chi connectivity index (χ1n) is 7.63. The van der Waals surface area contributed by atoms with E-state index in [1.807, 2.05) is 17.7 Å². The molecule has 0 radical (unpaired) electrons. The predicted octanol–water partition coefficient (Wildman–Crippen LogP) is 3.41. The van der Waals surface area contributed by atoms with Crippen LogP contribution < -0.4 is 5.73 Å². The molecular weight excluding hydrogens is 265 g/mol. The summed E-state index contributed by atoms with van der Waals surface area (Å²) >= 11 is 0. The smallest absolute Gasteiger partial charge is 0.128 e. The van der Waals surface area contributed by atoms with Gasteiger partial charge in [-0.2, -0.15) is 5.10 Å². The molecule has 0 saturated carbocycles. The molecule has 0 aliphatic carbocycles. The van der Waals surface area contributed by atoms with E-state index in [2.05, 4.69) is 25.0 Å². The standard InChI is InChI=1S/C17H24FN3/c1-4-13-11-14(21(6-3)20-13)12-17(19,5-2)15-9-7-8-10-16(15)18/h7-11H,4-6,12,19H2,1-3H3. The van der Waals surface area contributed by atoms with Crippen LogP contribution in [0.15, 0.2) is 30.3 Å². The van der Waals surface area contributed by atoms with Crippen LogP contribution in [0.3, 0.4) is 0 Å². The number of hydrogen-bond donors (Lipinski definition) is 1. The summed E-state index contributed by atoms with van der Waals surface area (Å²) in [5.74, 6) is -0.236. The number of halogens is 1. The number of nitrogens with zero attached hydrogens (tertiary/aromatic N) is 2. The number of nitrogens with two attached hydrogens (primary N) is 1. The Morgan fingerprint density at radius 3 is 2.52 bits per heavy atom. The predicted molar refractivity (Wildman–Crippen MR) is 83.5 cm³/mol. The average Bonchev–Trinajstić information content (AvgIpc) is 2.89. The monoisotopic (exact) mass is 289 g/mol. The molecule has 0 aliphatic rings. The van der Waals surface area contributed by atoms with Crippen LogP contribution in [-0.4, -0.2) is 9.78 Å². The molecule has 2 rings (SSSR count). The average molecular weight is 289 g/mol. The van der Waals surface area contributed by atoms with Gasteiger partial charge in [-0.05, 0) is 31.9 Å². The SMILES string of the molecule is CCc1cc(CC(N)(CC)c2ccccc2F)n(CC)n1. The molecule has 1 heterocycles. The third kappa shape index (κ3) is 3.16. The highest BCUT2D eigenvalue weighted by molar-refractivity contribution is 5.28. The Hall–Kier alpha value is -1.68. The zero-order chi connectivity index (χ0) is 15.5.